The summed E-state index contributed by atoms with van der Waals surface area (Å²) in [6.45, 7) is 1.83. The van der Waals surface area contributed by atoms with Crippen molar-refractivity contribution in [1.82, 2.24) is 24.4 Å². The number of ketones is 1. The number of hydrogen-bond donors (Lipinski definition) is 1. The zero-order valence-electron chi connectivity index (χ0n) is 13.0. The topological polar surface area (TPSA) is 102 Å². The van der Waals surface area contributed by atoms with Crippen LogP contribution in [0, 0.1) is 0 Å². The number of hydrogen-bond acceptors (Lipinski definition) is 5. The second kappa shape index (κ2) is 5.26. The zero-order valence-corrected chi connectivity index (χ0v) is 13.0. The molecule has 1 N–H and O–H groups in total. The lowest BCUT2D eigenvalue weighted by molar-refractivity contribution is 0.0690. The summed E-state index contributed by atoms with van der Waals surface area (Å²) in [5.41, 5.74) is 2.95. The summed E-state index contributed by atoms with van der Waals surface area (Å²) < 4.78 is 3.29. The number of imidazole rings is 1. The molecule has 0 aromatic carbocycles. The number of carboxylic acids is 1. The van der Waals surface area contributed by atoms with Gasteiger partial charge in [-0.05, 0) is 37.3 Å². The van der Waals surface area contributed by atoms with Crippen LogP contribution in [0.3, 0.4) is 0 Å². The van der Waals surface area contributed by atoms with Crippen molar-refractivity contribution in [3.8, 4) is 0 Å². The molecule has 0 aliphatic heterocycles. The third-order valence-corrected chi connectivity index (χ3v) is 4.13. The van der Waals surface area contributed by atoms with Gasteiger partial charge in [-0.3, -0.25) is 4.79 Å². The van der Waals surface area contributed by atoms with Crippen molar-refractivity contribution in [2.75, 3.05) is 0 Å². The number of carboxylic acid groups (broad SMARTS) is 1. The van der Waals surface area contributed by atoms with Crippen LogP contribution in [0.25, 0.3) is 5.65 Å². The van der Waals surface area contributed by atoms with E-state index < -0.39 is 5.97 Å². The Labute approximate surface area is 136 Å². The first-order valence-corrected chi connectivity index (χ1v) is 7.67. The second-order valence-electron chi connectivity index (χ2n) is 6.09. The van der Waals surface area contributed by atoms with E-state index in [1.54, 1.807) is 0 Å². The van der Waals surface area contributed by atoms with E-state index in [1.807, 2.05) is 22.9 Å². The number of fused-ring (bicyclic) bond motifs is 1. The van der Waals surface area contributed by atoms with Gasteiger partial charge in [0.2, 0.25) is 0 Å². The Morgan fingerprint density at radius 1 is 1.29 bits per heavy atom. The van der Waals surface area contributed by atoms with Gasteiger partial charge >= 0.3 is 5.97 Å². The number of carbonyl (C=O) groups excluding carboxylic acids is 1. The Morgan fingerprint density at radius 2 is 2.08 bits per heavy atom. The van der Waals surface area contributed by atoms with E-state index >= 15 is 0 Å². The molecule has 0 saturated heterocycles. The fourth-order valence-electron chi connectivity index (χ4n) is 2.79. The molecule has 4 rings (SSSR count). The highest BCUT2D eigenvalue weighted by Gasteiger charge is 2.25. The van der Waals surface area contributed by atoms with Gasteiger partial charge in [-0.1, -0.05) is 5.21 Å². The van der Waals surface area contributed by atoms with Crippen molar-refractivity contribution < 1.29 is 14.7 Å². The summed E-state index contributed by atoms with van der Waals surface area (Å²) in [5.74, 6) is -0.607. The maximum Gasteiger partial charge on any atom is 0.358 e. The third-order valence-electron chi connectivity index (χ3n) is 4.13. The van der Waals surface area contributed by atoms with Crippen LogP contribution in [0.1, 0.15) is 57.8 Å². The number of carbonyl (C=O) groups is 2. The molecule has 0 unspecified atom stereocenters. The van der Waals surface area contributed by atoms with Gasteiger partial charge in [0.1, 0.15) is 5.65 Å². The number of aromatic carboxylic acids is 1. The number of Topliss-reactive ketones (excluding diaryl/α,β-unsaturated/α-hetero) is 1. The first-order chi connectivity index (χ1) is 11.5. The lowest BCUT2D eigenvalue weighted by Gasteiger charge is -2.04. The molecule has 3 aromatic heterocycles. The van der Waals surface area contributed by atoms with E-state index in [-0.39, 0.29) is 18.0 Å². The first kappa shape index (κ1) is 14.6. The number of pyridine rings is 1. The van der Waals surface area contributed by atoms with Crippen molar-refractivity contribution in [1.29, 1.82) is 0 Å². The van der Waals surface area contributed by atoms with Crippen LogP contribution in [0.5, 0.6) is 0 Å². The van der Waals surface area contributed by atoms with E-state index in [0.717, 1.165) is 18.4 Å². The van der Waals surface area contributed by atoms with Gasteiger partial charge in [-0.2, -0.15) is 0 Å². The predicted molar refractivity (Wildman–Crippen MR) is 83.3 cm³/mol. The van der Waals surface area contributed by atoms with Crippen LogP contribution in [0.4, 0.5) is 0 Å². The van der Waals surface area contributed by atoms with Crippen LogP contribution in [-0.2, 0) is 6.54 Å². The van der Waals surface area contributed by atoms with Gasteiger partial charge in [0.05, 0.1) is 24.0 Å². The molecule has 0 bridgehead atoms. The van der Waals surface area contributed by atoms with Crippen molar-refractivity contribution in [3.63, 3.8) is 0 Å². The monoisotopic (exact) mass is 325 g/mol. The average Bonchev–Trinajstić information content (AvgIpc) is 3.14. The molecule has 0 radical (unpaired) electrons. The summed E-state index contributed by atoms with van der Waals surface area (Å²) in [6.07, 6.45) is 7.52. The maximum absolute atomic E-state index is 12.0. The van der Waals surface area contributed by atoms with Crippen LogP contribution in [0.2, 0.25) is 0 Å². The fraction of sp³-hybridized carbons (Fsp3) is 0.312. The molecule has 8 heteroatoms. The Hall–Kier alpha value is -3.03. The molecule has 3 heterocycles. The Kier molecular flexibility index (Phi) is 3.19. The molecule has 3 aromatic rings. The van der Waals surface area contributed by atoms with Gasteiger partial charge < -0.3 is 9.51 Å². The quantitative estimate of drug-likeness (QED) is 0.717. The summed E-state index contributed by atoms with van der Waals surface area (Å²) in [5, 5.41) is 16.3. The molecule has 1 fully saturated rings. The molecule has 8 nitrogen and oxygen atoms in total. The zero-order chi connectivity index (χ0) is 16.8. The minimum Gasteiger partial charge on any atom is -0.476 e. The van der Waals surface area contributed by atoms with Crippen LogP contribution < -0.4 is 0 Å². The lowest BCUT2D eigenvalue weighted by atomic mass is 10.1. The molecule has 0 amide bonds. The average molecular weight is 325 g/mol. The lowest BCUT2D eigenvalue weighted by Crippen LogP contribution is -2.01. The van der Waals surface area contributed by atoms with Crippen molar-refractivity contribution in [2.24, 2.45) is 0 Å². The van der Waals surface area contributed by atoms with Gasteiger partial charge in [0, 0.05) is 12.4 Å². The van der Waals surface area contributed by atoms with Crippen molar-refractivity contribution in [2.45, 2.75) is 32.2 Å². The summed E-state index contributed by atoms with van der Waals surface area (Å²) in [4.78, 5) is 27.3. The number of rotatable bonds is 5. The minimum atomic E-state index is -1.12. The molecule has 0 spiro atoms. The summed E-state index contributed by atoms with van der Waals surface area (Å²) in [6, 6.07) is 1.93. The molecule has 122 valence electrons. The smallest absolute Gasteiger partial charge is 0.358 e. The minimum absolute atomic E-state index is 0.0198. The second-order valence-corrected chi connectivity index (χ2v) is 6.09. The maximum atomic E-state index is 12.0. The van der Waals surface area contributed by atoms with Crippen LogP contribution >= 0.6 is 0 Å². The normalized spacial score (nSPS) is 14.2. The van der Waals surface area contributed by atoms with E-state index in [2.05, 4.69) is 15.3 Å². The molecule has 1 aliphatic carbocycles. The number of aromatic nitrogens is 5. The largest absolute Gasteiger partial charge is 0.476 e. The highest BCUT2D eigenvalue weighted by Crippen LogP contribution is 2.40. The van der Waals surface area contributed by atoms with Gasteiger partial charge in [0.15, 0.2) is 11.5 Å². The third kappa shape index (κ3) is 2.55. The fourth-order valence-corrected chi connectivity index (χ4v) is 2.79. The van der Waals surface area contributed by atoms with Crippen LogP contribution in [-0.4, -0.2) is 41.2 Å². The van der Waals surface area contributed by atoms with E-state index in [9.17, 15) is 9.59 Å². The Balaban J connectivity index is 1.72. The molecule has 0 atom stereocenters. The standard InChI is InChI=1S/C16H15N5O3/c1-9(22)13-4-11(10-2-3-10)5-20-6-12(17-15(13)20)7-21-8-14(16(23)24)18-19-21/h4-6,8,10H,2-3,7H2,1H3,(H,23,24). The van der Waals surface area contributed by atoms with E-state index in [1.165, 1.54) is 17.8 Å². The molecule has 1 aliphatic rings. The summed E-state index contributed by atoms with van der Waals surface area (Å²) in [7, 11) is 0. The van der Waals surface area contributed by atoms with Crippen LogP contribution in [0.15, 0.2) is 24.7 Å². The summed E-state index contributed by atoms with van der Waals surface area (Å²) >= 11 is 0. The van der Waals surface area contributed by atoms with Gasteiger partial charge in [0.25, 0.3) is 0 Å². The van der Waals surface area contributed by atoms with Gasteiger partial charge in [-0.25, -0.2) is 14.5 Å². The first-order valence-electron chi connectivity index (χ1n) is 7.67. The number of nitrogens with zero attached hydrogens (tertiary/aromatic N) is 5. The van der Waals surface area contributed by atoms with E-state index in [0.29, 0.717) is 22.8 Å². The molecule has 24 heavy (non-hydrogen) atoms. The molecular weight excluding hydrogens is 310 g/mol. The van der Waals surface area contributed by atoms with Gasteiger partial charge in [-0.15, -0.1) is 5.10 Å². The van der Waals surface area contributed by atoms with E-state index in [4.69, 9.17) is 5.11 Å². The Morgan fingerprint density at radius 3 is 2.71 bits per heavy atom. The Bertz CT molecular complexity index is 967. The SMILES string of the molecule is CC(=O)c1cc(C2CC2)cn2cc(Cn3cc(C(=O)O)nn3)nc12. The van der Waals surface area contributed by atoms with Crippen molar-refractivity contribution >= 4 is 17.4 Å². The molecule has 1 saturated carbocycles. The predicted octanol–water partition coefficient (Wildman–Crippen LogP) is 1.75. The molecular formula is C16H15N5O3. The van der Waals surface area contributed by atoms with Crippen molar-refractivity contribution in [3.05, 3.63) is 47.2 Å². The highest BCUT2D eigenvalue weighted by atomic mass is 16.4. The highest BCUT2D eigenvalue weighted by molar-refractivity contribution is 6.00.